The summed E-state index contributed by atoms with van der Waals surface area (Å²) in [7, 11) is 2.01. The van der Waals surface area contributed by atoms with E-state index in [0.717, 1.165) is 36.2 Å². The van der Waals surface area contributed by atoms with E-state index in [9.17, 15) is 0 Å². The second-order valence-corrected chi connectivity index (χ2v) is 6.43. The van der Waals surface area contributed by atoms with Gasteiger partial charge in [0, 0.05) is 34.9 Å². The topological polar surface area (TPSA) is 26.2 Å². The summed E-state index contributed by atoms with van der Waals surface area (Å²) in [6, 6.07) is 6.96. The zero-order valence-electron chi connectivity index (χ0n) is 12.5. The lowest BCUT2D eigenvalue weighted by Gasteiger charge is -2.12. The maximum atomic E-state index is 5.81. The van der Waals surface area contributed by atoms with Crippen molar-refractivity contribution in [2.75, 3.05) is 13.7 Å². The van der Waals surface area contributed by atoms with E-state index in [1.807, 2.05) is 7.05 Å². The molecule has 3 nitrogen and oxygen atoms in total. The lowest BCUT2D eigenvalue weighted by Crippen LogP contribution is -2.14. The van der Waals surface area contributed by atoms with Crippen LogP contribution in [-0.2, 0) is 13.0 Å². The predicted molar refractivity (Wildman–Crippen MR) is 89.0 cm³/mol. The van der Waals surface area contributed by atoms with Gasteiger partial charge >= 0.3 is 0 Å². The van der Waals surface area contributed by atoms with Crippen molar-refractivity contribution in [1.29, 1.82) is 0 Å². The van der Waals surface area contributed by atoms with Crippen LogP contribution in [0.2, 0.25) is 0 Å². The third-order valence-electron chi connectivity index (χ3n) is 4.11. The first-order valence-corrected chi connectivity index (χ1v) is 8.27. The zero-order chi connectivity index (χ0) is 14.8. The van der Waals surface area contributed by atoms with E-state index in [0.29, 0.717) is 6.04 Å². The second kappa shape index (κ2) is 6.24. The van der Waals surface area contributed by atoms with Crippen LogP contribution in [0.4, 0.5) is 0 Å². The molecular formula is C17H21BrN2O. The maximum Gasteiger partial charge on any atom is 0.127 e. The van der Waals surface area contributed by atoms with Gasteiger partial charge in [-0.05, 0) is 42.8 Å². The molecule has 1 aliphatic heterocycles. The Kier molecular flexibility index (Phi) is 4.36. The molecule has 1 atom stereocenters. The number of nitrogens with zero attached hydrogens (tertiary/aromatic N) is 1. The number of rotatable bonds is 5. The zero-order valence-corrected chi connectivity index (χ0v) is 14.1. The molecule has 1 aromatic carbocycles. The molecule has 0 radical (unpaired) electrons. The quantitative estimate of drug-likeness (QED) is 0.886. The molecule has 0 fully saturated rings. The molecule has 3 rings (SSSR count). The fourth-order valence-electron chi connectivity index (χ4n) is 3.03. The Morgan fingerprint density at radius 3 is 3.05 bits per heavy atom. The molecule has 21 heavy (non-hydrogen) atoms. The van der Waals surface area contributed by atoms with Crippen LogP contribution in [0.25, 0.3) is 0 Å². The SMILES string of the molecule is CCC(NC)c1ccn(Cc2cc(Br)cc3c2OCC3)c1. The summed E-state index contributed by atoms with van der Waals surface area (Å²) in [6.07, 6.45) is 6.48. The average molecular weight is 349 g/mol. The van der Waals surface area contributed by atoms with Gasteiger partial charge < -0.3 is 14.6 Å². The highest BCUT2D eigenvalue weighted by Crippen LogP contribution is 2.33. The monoisotopic (exact) mass is 348 g/mol. The van der Waals surface area contributed by atoms with Crippen LogP contribution in [0.1, 0.15) is 36.1 Å². The third kappa shape index (κ3) is 3.01. The highest BCUT2D eigenvalue weighted by Gasteiger charge is 2.18. The summed E-state index contributed by atoms with van der Waals surface area (Å²) in [6.45, 7) is 3.85. The number of nitrogens with one attached hydrogen (secondary N) is 1. The summed E-state index contributed by atoms with van der Waals surface area (Å²) in [5.41, 5.74) is 3.90. The standard InChI is InChI=1S/C17H21BrN2O/c1-3-16(19-2)13-4-6-20(10-13)11-14-9-15(18)8-12-5-7-21-17(12)14/h4,6,8-10,16,19H,3,5,7,11H2,1-2H3. The molecule has 1 N–H and O–H groups in total. The van der Waals surface area contributed by atoms with Gasteiger partial charge in [-0.2, -0.15) is 0 Å². The van der Waals surface area contributed by atoms with Gasteiger partial charge in [-0.1, -0.05) is 22.9 Å². The fraction of sp³-hybridized carbons (Fsp3) is 0.412. The smallest absolute Gasteiger partial charge is 0.127 e. The maximum absolute atomic E-state index is 5.81. The molecule has 0 aliphatic carbocycles. The molecule has 1 unspecified atom stereocenters. The summed E-state index contributed by atoms with van der Waals surface area (Å²) in [5, 5.41) is 3.35. The number of hydrogen-bond donors (Lipinski definition) is 1. The van der Waals surface area contributed by atoms with Gasteiger partial charge in [0.05, 0.1) is 13.2 Å². The summed E-state index contributed by atoms with van der Waals surface area (Å²) < 4.78 is 9.18. The van der Waals surface area contributed by atoms with E-state index in [-0.39, 0.29) is 0 Å². The molecule has 4 heteroatoms. The number of benzene rings is 1. The van der Waals surface area contributed by atoms with Crippen molar-refractivity contribution in [3.8, 4) is 5.75 Å². The first-order valence-electron chi connectivity index (χ1n) is 7.48. The van der Waals surface area contributed by atoms with E-state index in [4.69, 9.17) is 4.74 Å². The lowest BCUT2D eigenvalue weighted by molar-refractivity contribution is 0.352. The first-order chi connectivity index (χ1) is 10.2. The van der Waals surface area contributed by atoms with Gasteiger partial charge in [-0.3, -0.25) is 0 Å². The molecule has 0 spiro atoms. The van der Waals surface area contributed by atoms with Gasteiger partial charge in [0.1, 0.15) is 5.75 Å². The molecule has 1 aliphatic rings. The predicted octanol–water partition coefficient (Wildman–Crippen LogP) is 3.90. The van der Waals surface area contributed by atoms with Crippen LogP contribution < -0.4 is 10.1 Å². The van der Waals surface area contributed by atoms with E-state index < -0.39 is 0 Å². The molecule has 112 valence electrons. The van der Waals surface area contributed by atoms with Crippen molar-refractivity contribution in [1.82, 2.24) is 9.88 Å². The Morgan fingerprint density at radius 1 is 1.43 bits per heavy atom. The van der Waals surface area contributed by atoms with Crippen LogP contribution in [-0.4, -0.2) is 18.2 Å². The number of hydrogen-bond acceptors (Lipinski definition) is 2. The second-order valence-electron chi connectivity index (χ2n) is 5.52. The molecule has 0 saturated heterocycles. The Bertz CT molecular complexity index is 632. The van der Waals surface area contributed by atoms with E-state index in [1.54, 1.807) is 0 Å². The number of aromatic nitrogens is 1. The van der Waals surface area contributed by atoms with Crippen molar-refractivity contribution >= 4 is 15.9 Å². The molecule has 0 saturated carbocycles. The minimum atomic E-state index is 0.427. The third-order valence-corrected chi connectivity index (χ3v) is 4.57. The minimum absolute atomic E-state index is 0.427. The minimum Gasteiger partial charge on any atom is -0.493 e. The Hall–Kier alpha value is -1.26. The summed E-state index contributed by atoms with van der Waals surface area (Å²) >= 11 is 3.61. The molecular weight excluding hydrogens is 328 g/mol. The summed E-state index contributed by atoms with van der Waals surface area (Å²) in [4.78, 5) is 0. The van der Waals surface area contributed by atoms with Gasteiger partial charge in [-0.25, -0.2) is 0 Å². The van der Waals surface area contributed by atoms with Crippen LogP contribution >= 0.6 is 15.9 Å². The van der Waals surface area contributed by atoms with E-state index >= 15 is 0 Å². The number of halogens is 1. The van der Waals surface area contributed by atoms with Crippen LogP contribution in [0.5, 0.6) is 5.75 Å². The molecule has 1 aromatic heterocycles. The van der Waals surface area contributed by atoms with Gasteiger partial charge in [0.2, 0.25) is 0 Å². The normalized spacial score (nSPS) is 14.8. The molecule has 2 heterocycles. The fourth-order valence-corrected chi connectivity index (χ4v) is 3.58. The van der Waals surface area contributed by atoms with Crippen molar-refractivity contribution in [3.05, 3.63) is 51.8 Å². The van der Waals surface area contributed by atoms with E-state index in [2.05, 4.69) is 63.3 Å². The molecule has 0 amide bonds. The highest BCUT2D eigenvalue weighted by molar-refractivity contribution is 9.10. The highest BCUT2D eigenvalue weighted by atomic mass is 79.9. The molecule has 2 aromatic rings. The Balaban J connectivity index is 1.85. The lowest BCUT2D eigenvalue weighted by atomic mass is 10.1. The Morgan fingerprint density at radius 2 is 2.29 bits per heavy atom. The van der Waals surface area contributed by atoms with Gasteiger partial charge in [-0.15, -0.1) is 0 Å². The number of fused-ring (bicyclic) bond motifs is 1. The van der Waals surface area contributed by atoms with Crippen molar-refractivity contribution < 1.29 is 4.74 Å². The molecule has 0 bridgehead atoms. The Labute approximate surface area is 134 Å². The van der Waals surface area contributed by atoms with Crippen molar-refractivity contribution in [3.63, 3.8) is 0 Å². The van der Waals surface area contributed by atoms with E-state index in [1.165, 1.54) is 16.7 Å². The van der Waals surface area contributed by atoms with Crippen LogP contribution in [0.15, 0.2) is 35.1 Å². The largest absolute Gasteiger partial charge is 0.493 e. The first kappa shape index (κ1) is 14.7. The van der Waals surface area contributed by atoms with Crippen molar-refractivity contribution in [2.24, 2.45) is 0 Å². The van der Waals surface area contributed by atoms with Crippen molar-refractivity contribution in [2.45, 2.75) is 32.4 Å². The summed E-state index contributed by atoms with van der Waals surface area (Å²) in [5.74, 6) is 1.08. The van der Waals surface area contributed by atoms with Crippen LogP contribution in [0.3, 0.4) is 0 Å². The van der Waals surface area contributed by atoms with Gasteiger partial charge in [0.15, 0.2) is 0 Å². The van der Waals surface area contributed by atoms with Gasteiger partial charge in [0.25, 0.3) is 0 Å². The number of ether oxygens (including phenoxy) is 1. The average Bonchev–Trinajstić information content (AvgIpc) is 3.09. The van der Waals surface area contributed by atoms with Crippen LogP contribution in [0, 0.1) is 0 Å².